The molecule has 25 heavy (non-hydrogen) atoms. The third kappa shape index (κ3) is 3.33. The first kappa shape index (κ1) is 17.3. The number of carboxylic acid groups (broad SMARTS) is 1. The lowest BCUT2D eigenvalue weighted by Crippen LogP contribution is -2.13. The molecule has 134 valence electrons. The highest BCUT2D eigenvalue weighted by atomic mass is 32.1. The number of aromatic carboxylic acids is 1. The first-order chi connectivity index (χ1) is 12.1. The van der Waals surface area contributed by atoms with Crippen molar-refractivity contribution in [2.45, 2.75) is 80.9 Å². The smallest absolute Gasteiger partial charge is 0.365 e. The van der Waals surface area contributed by atoms with E-state index in [4.69, 9.17) is 12.6 Å². The second kappa shape index (κ2) is 7.28. The summed E-state index contributed by atoms with van der Waals surface area (Å²) in [6.45, 7) is 0. The Morgan fingerprint density at radius 2 is 1.64 bits per heavy atom. The van der Waals surface area contributed by atoms with Crippen LogP contribution < -0.4 is 0 Å². The number of benzene rings is 1. The predicted molar refractivity (Wildman–Crippen MR) is 105 cm³/mol. The quantitative estimate of drug-likeness (QED) is 0.612. The van der Waals surface area contributed by atoms with Gasteiger partial charge < -0.3 is 5.11 Å². The van der Waals surface area contributed by atoms with E-state index in [-0.39, 0.29) is 5.01 Å². The van der Waals surface area contributed by atoms with Gasteiger partial charge in [-0.1, -0.05) is 38.5 Å². The third-order valence-corrected chi connectivity index (χ3v) is 7.41. The summed E-state index contributed by atoms with van der Waals surface area (Å²) in [5.41, 5.74) is 3.64. The van der Waals surface area contributed by atoms with Gasteiger partial charge in [0.25, 0.3) is 0 Å². The van der Waals surface area contributed by atoms with E-state index in [1.807, 2.05) is 0 Å². The number of carboxylic acids is 1. The number of hydrogen-bond acceptors (Lipinski definition) is 4. The summed E-state index contributed by atoms with van der Waals surface area (Å²) in [5, 5.41) is 9.52. The van der Waals surface area contributed by atoms with Crippen LogP contribution in [0.3, 0.4) is 0 Å². The van der Waals surface area contributed by atoms with E-state index >= 15 is 0 Å². The van der Waals surface area contributed by atoms with Crippen LogP contribution in [-0.2, 0) is 0 Å². The van der Waals surface area contributed by atoms with Crippen LogP contribution in [0.25, 0.3) is 10.2 Å². The second-order valence-electron chi connectivity index (χ2n) is 7.57. The first-order valence-corrected chi connectivity index (χ1v) is 10.8. The molecule has 0 radical (unpaired) electrons. The fraction of sp³-hybridized carbons (Fsp3) is 0.600. The van der Waals surface area contributed by atoms with Crippen LogP contribution in [0.15, 0.2) is 11.0 Å². The molecule has 3 nitrogen and oxygen atoms in total. The highest BCUT2D eigenvalue weighted by molar-refractivity contribution is 7.80. The Balaban J connectivity index is 1.87. The summed E-state index contributed by atoms with van der Waals surface area (Å²) in [7, 11) is 0. The Kier molecular flexibility index (Phi) is 5.05. The van der Waals surface area contributed by atoms with Gasteiger partial charge in [-0.05, 0) is 54.7 Å². The van der Waals surface area contributed by atoms with E-state index in [1.165, 1.54) is 86.7 Å². The standard InChI is InChI=1S/C20H25NO2S2/c22-20(23)19-21-17-15(25-19)11-14(12-7-3-1-4-8-12)16(18(17)24)13-9-5-2-6-10-13/h11-13,24H,1-10H2,(H,22,23). The fourth-order valence-electron chi connectivity index (χ4n) is 4.75. The summed E-state index contributed by atoms with van der Waals surface area (Å²) in [4.78, 5) is 16.7. The van der Waals surface area contributed by atoms with E-state index in [9.17, 15) is 9.90 Å². The average Bonchev–Trinajstić information content (AvgIpc) is 3.08. The van der Waals surface area contributed by atoms with Crippen LogP contribution in [0.1, 0.15) is 97.0 Å². The van der Waals surface area contributed by atoms with Gasteiger partial charge in [0, 0.05) is 4.90 Å². The van der Waals surface area contributed by atoms with Crippen molar-refractivity contribution < 1.29 is 9.90 Å². The van der Waals surface area contributed by atoms with Crippen LogP contribution in [-0.4, -0.2) is 16.1 Å². The Bertz CT molecular complexity index is 787. The highest BCUT2D eigenvalue weighted by Gasteiger charge is 2.28. The molecular weight excluding hydrogens is 350 g/mol. The summed E-state index contributed by atoms with van der Waals surface area (Å²) in [6, 6.07) is 2.26. The maximum Gasteiger partial charge on any atom is 0.365 e. The minimum atomic E-state index is -0.938. The van der Waals surface area contributed by atoms with Crippen molar-refractivity contribution in [3.8, 4) is 0 Å². The highest BCUT2D eigenvalue weighted by Crippen LogP contribution is 2.46. The molecule has 1 N–H and O–H groups in total. The second-order valence-corrected chi connectivity index (χ2v) is 9.05. The van der Waals surface area contributed by atoms with Gasteiger partial charge in [0.05, 0.1) is 10.2 Å². The summed E-state index contributed by atoms with van der Waals surface area (Å²) >= 11 is 6.19. The Hall–Kier alpha value is -1.07. The number of thiazole rings is 1. The molecule has 0 bridgehead atoms. The van der Waals surface area contributed by atoms with Crippen molar-refractivity contribution in [3.05, 3.63) is 22.2 Å². The molecule has 1 heterocycles. The van der Waals surface area contributed by atoms with Gasteiger partial charge in [-0.25, -0.2) is 9.78 Å². The van der Waals surface area contributed by atoms with Crippen LogP contribution in [0.4, 0.5) is 0 Å². The number of fused-ring (bicyclic) bond motifs is 1. The van der Waals surface area contributed by atoms with Crippen molar-refractivity contribution in [1.82, 2.24) is 4.98 Å². The van der Waals surface area contributed by atoms with Crippen molar-refractivity contribution in [2.24, 2.45) is 0 Å². The van der Waals surface area contributed by atoms with Crippen LogP contribution in [0.5, 0.6) is 0 Å². The van der Waals surface area contributed by atoms with E-state index in [0.29, 0.717) is 11.8 Å². The molecular formula is C20H25NO2S2. The Morgan fingerprint density at radius 1 is 1.04 bits per heavy atom. The van der Waals surface area contributed by atoms with E-state index in [1.54, 1.807) is 0 Å². The number of aromatic nitrogens is 1. The molecule has 0 aliphatic heterocycles. The monoisotopic (exact) mass is 375 g/mol. The minimum absolute atomic E-state index is 0.181. The van der Waals surface area contributed by atoms with Crippen LogP contribution in [0.2, 0.25) is 0 Å². The molecule has 0 atom stereocenters. The lowest BCUT2D eigenvalue weighted by molar-refractivity contribution is 0.0696. The Morgan fingerprint density at radius 3 is 2.24 bits per heavy atom. The van der Waals surface area contributed by atoms with Gasteiger partial charge in [0.15, 0.2) is 0 Å². The van der Waals surface area contributed by atoms with Crippen LogP contribution >= 0.6 is 24.0 Å². The first-order valence-electron chi connectivity index (χ1n) is 9.54. The topological polar surface area (TPSA) is 50.2 Å². The molecule has 0 spiro atoms. The molecule has 2 fully saturated rings. The number of carbonyl (C=O) groups is 1. The maximum absolute atomic E-state index is 11.4. The summed E-state index contributed by atoms with van der Waals surface area (Å²) in [5.74, 6) is 0.237. The number of nitrogens with zero attached hydrogens (tertiary/aromatic N) is 1. The predicted octanol–water partition coefficient (Wildman–Crippen LogP) is 6.38. The molecule has 1 aromatic carbocycles. The van der Waals surface area contributed by atoms with E-state index < -0.39 is 5.97 Å². The lowest BCUT2D eigenvalue weighted by Gasteiger charge is -2.30. The van der Waals surface area contributed by atoms with Gasteiger partial charge in [-0.2, -0.15) is 0 Å². The molecule has 2 aliphatic carbocycles. The summed E-state index contributed by atoms with van der Waals surface area (Å²) in [6.07, 6.45) is 12.8. The Labute approximate surface area is 158 Å². The van der Waals surface area contributed by atoms with E-state index in [0.717, 1.165) is 15.1 Å². The largest absolute Gasteiger partial charge is 0.476 e. The summed E-state index contributed by atoms with van der Waals surface area (Å²) < 4.78 is 0.988. The van der Waals surface area contributed by atoms with Gasteiger partial charge in [0.1, 0.15) is 0 Å². The number of hydrogen-bond donors (Lipinski definition) is 2. The molecule has 1 aromatic heterocycles. The fourth-order valence-corrected chi connectivity index (χ4v) is 6.17. The molecule has 2 aromatic rings. The number of thiol groups is 1. The van der Waals surface area contributed by atoms with Crippen molar-refractivity contribution in [3.63, 3.8) is 0 Å². The SMILES string of the molecule is O=C(O)c1nc2c(S)c(C3CCCCC3)c(C3CCCCC3)cc2s1. The normalized spacial score (nSPS) is 20.2. The minimum Gasteiger partial charge on any atom is -0.476 e. The molecule has 4 rings (SSSR count). The van der Waals surface area contributed by atoms with Crippen molar-refractivity contribution in [2.75, 3.05) is 0 Å². The van der Waals surface area contributed by atoms with Crippen molar-refractivity contribution in [1.29, 1.82) is 0 Å². The molecule has 2 saturated carbocycles. The number of rotatable bonds is 3. The molecule has 0 unspecified atom stereocenters. The van der Waals surface area contributed by atoms with Crippen LogP contribution in [0, 0.1) is 0 Å². The van der Waals surface area contributed by atoms with Gasteiger partial charge in [-0.15, -0.1) is 24.0 Å². The van der Waals surface area contributed by atoms with E-state index in [2.05, 4.69) is 11.1 Å². The molecule has 0 saturated heterocycles. The maximum atomic E-state index is 11.4. The lowest BCUT2D eigenvalue weighted by atomic mass is 9.76. The van der Waals surface area contributed by atoms with Gasteiger partial charge >= 0.3 is 5.97 Å². The van der Waals surface area contributed by atoms with Gasteiger partial charge in [0.2, 0.25) is 5.01 Å². The van der Waals surface area contributed by atoms with Crippen molar-refractivity contribution >= 4 is 40.2 Å². The molecule has 5 heteroatoms. The zero-order chi connectivity index (χ0) is 17.4. The zero-order valence-corrected chi connectivity index (χ0v) is 16.2. The van der Waals surface area contributed by atoms with Gasteiger partial charge in [-0.3, -0.25) is 0 Å². The molecule has 2 aliphatic rings. The average molecular weight is 376 g/mol. The molecule has 0 amide bonds. The zero-order valence-electron chi connectivity index (χ0n) is 14.5. The third-order valence-electron chi connectivity index (χ3n) is 5.97.